The Kier molecular flexibility index (Phi) is 3.56. The maximum absolute atomic E-state index is 4.58. The van der Waals surface area contributed by atoms with Gasteiger partial charge < -0.3 is 0 Å². The Labute approximate surface area is 125 Å². The second kappa shape index (κ2) is 5.51. The highest BCUT2D eigenvalue weighted by molar-refractivity contribution is 9.10. The molecular formula is C16H12BrN3. The van der Waals surface area contributed by atoms with Crippen LogP contribution in [0.25, 0.3) is 22.6 Å². The molecule has 0 fully saturated rings. The lowest BCUT2D eigenvalue weighted by Gasteiger charge is -2.04. The highest BCUT2D eigenvalue weighted by Crippen LogP contribution is 2.21. The minimum absolute atomic E-state index is 0.644. The molecule has 0 spiro atoms. The number of nitrogens with zero attached hydrogens (tertiary/aromatic N) is 3. The molecule has 0 radical (unpaired) electrons. The van der Waals surface area contributed by atoms with E-state index in [0.29, 0.717) is 5.82 Å². The van der Waals surface area contributed by atoms with Crippen molar-refractivity contribution in [3.05, 3.63) is 64.8 Å². The average molecular weight is 326 g/mol. The largest absolute Gasteiger partial charge is 0.225 e. The van der Waals surface area contributed by atoms with Crippen LogP contribution in [-0.2, 0) is 0 Å². The molecule has 0 N–H and O–H groups in total. The average Bonchev–Trinajstić information content (AvgIpc) is 2.49. The van der Waals surface area contributed by atoms with Crippen molar-refractivity contribution in [1.82, 2.24) is 15.2 Å². The smallest absolute Gasteiger partial charge is 0.182 e. The summed E-state index contributed by atoms with van der Waals surface area (Å²) in [6, 6.07) is 16.1. The van der Waals surface area contributed by atoms with Gasteiger partial charge in [-0.3, -0.25) is 0 Å². The van der Waals surface area contributed by atoms with Crippen molar-refractivity contribution < 1.29 is 0 Å². The highest BCUT2D eigenvalue weighted by atomic mass is 79.9. The number of hydrogen-bond acceptors (Lipinski definition) is 3. The van der Waals surface area contributed by atoms with E-state index in [1.165, 1.54) is 5.56 Å². The summed E-state index contributed by atoms with van der Waals surface area (Å²) in [4.78, 5) is 4.58. The van der Waals surface area contributed by atoms with E-state index >= 15 is 0 Å². The van der Waals surface area contributed by atoms with Crippen LogP contribution < -0.4 is 0 Å². The maximum atomic E-state index is 4.58. The van der Waals surface area contributed by atoms with Gasteiger partial charge in [0.25, 0.3) is 0 Å². The molecule has 0 unspecified atom stereocenters. The summed E-state index contributed by atoms with van der Waals surface area (Å²) >= 11 is 3.43. The van der Waals surface area contributed by atoms with Gasteiger partial charge in [0.05, 0.1) is 11.9 Å². The summed E-state index contributed by atoms with van der Waals surface area (Å²) in [5, 5.41) is 8.17. The molecule has 3 rings (SSSR count). The molecule has 20 heavy (non-hydrogen) atoms. The van der Waals surface area contributed by atoms with Crippen LogP contribution in [0.2, 0.25) is 0 Å². The lowest BCUT2D eigenvalue weighted by Crippen LogP contribution is -1.94. The normalized spacial score (nSPS) is 10.5. The molecule has 98 valence electrons. The lowest BCUT2D eigenvalue weighted by atomic mass is 10.1. The first-order valence-corrected chi connectivity index (χ1v) is 7.04. The zero-order valence-corrected chi connectivity index (χ0v) is 12.5. The Bertz CT molecular complexity index is 661. The second-order valence-electron chi connectivity index (χ2n) is 4.54. The number of aromatic nitrogens is 3. The van der Waals surface area contributed by atoms with Crippen molar-refractivity contribution in [3.8, 4) is 22.6 Å². The zero-order valence-electron chi connectivity index (χ0n) is 10.9. The summed E-state index contributed by atoms with van der Waals surface area (Å²) in [6.45, 7) is 2.06. The Morgan fingerprint density at radius 1 is 0.850 bits per heavy atom. The number of hydrogen-bond donors (Lipinski definition) is 0. The fourth-order valence-electron chi connectivity index (χ4n) is 1.89. The summed E-state index contributed by atoms with van der Waals surface area (Å²) in [5.41, 5.74) is 4.03. The first kappa shape index (κ1) is 12.9. The van der Waals surface area contributed by atoms with E-state index in [1.54, 1.807) is 6.20 Å². The standard InChI is InChI=1S/C16H12BrN3/c1-11-2-4-13(5-3-11)16-19-15(10-18-20-16)12-6-8-14(17)9-7-12/h2-10H,1H3. The van der Waals surface area contributed by atoms with Crippen LogP contribution in [0.1, 0.15) is 5.56 Å². The molecule has 0 saturated heterocycles. The van der Waals surface area contributed by atoms with E-state index in [-0.39, 0.29) is 0 Å². The highest BCUT2D eigenvalue weighted by Gasteiger charge is 2.05. The fraction of sp³-hybridized carbons (Fsp3) is 0.0625. The number of benzene rings is 2. The fourth-order valence-corrected chi connectivity index (χ4v) is 2.15. The molecule has 2 aromatic carbocycles. The minimum Gasteiger partial charge on any atom is -0.225 e. The predicted molar refractivity (Wildman–Crippen MR) is 83.1 cm³/mol. The lowest BCUT2D eigenvalue weighted by molar-refractivity contribution is 0.984. The van der Waals surface area contributed by atoms with E-state index in [0.717, 1.165) is 21.3 Å². The van der Waals surface area contributed by atoms with Gasteiger partial charge in [0.2, 0.25) is 0 Å². The monoisotopic (exact) mass is 325 g/mol. The number of rotatable bonds is 2. The number of aryl methyl sites for hydroxylation is 1. The van der Waals surface area contributed by atoms with Gasteiger partial charge in [-0.05, 0) is 19.1 Å². The van der Waals surface area contributed by atoms with E-state index < -0.39 is 0 Å². The molecule has 0 atom stereocenters. The van der Waals surface area contributed by atoms with Crippen molar-refractivity contribution in [1.29, 1.82) is 0 Å². The third-order valence-corrected chi connectivity index (χ3v) is 3.54. The third kappa shape index (κ3) is 2.75. The van der Waals surface area contributed by atoms with E-state index in [1.807, 2.05) is 48.5 Å². The third-order valence-electron chi connectivity index (χ3n) is 3.01. The van der Waals surface area contributed by atoms with Crippen molar-refractivity contribution in [3.63, 3.8) is 0 Å². The Hall–Kier alpha value is -2.07. The van der Waals surface area contributed by atoms with Crippen molar-refractivity contribution in [2.75, 3.05) is 0 Å². The quantitative estimate of drug-likeness (QED) is 0.706. The van der Waals surface area contributed by atoms with Crippen LogP contribution in [0.3, 0.4) is 0 Å². The molecule has 3 nitrogen and oxygen atoms in total. The van der Waals surface area contributed by atoms with Crippen molar-refractivity contribution in [2.24, 2.45) is 0 Å². The van der Waals surface area contributed by atoms with Crippen LogP contribution >= 0.6 is 15.9 Å². The van der Waals surface area contributed by atoms with Gasteiger partial charge in [0, 0.05) is 15.6 Å². The van der Waals surface area contributed by atoms with Gasteiger partial charge in [-0.2, -0.15) is 5.10 Å². The van der Waals surface area contributed by atoms with Crippen LogP contribution in [0.15, 0.2) is 59.2 Å². The topological polar surface area (TPSA) is 38.7 Å². The zero-order chi connectivity index (χ0) is 13.9. The maximum Gasteiger partial charge on any atom is 0.182 e. The molecule has 0 aliphatic heterocycles. The first-order valence-electron chi connectivity index (χ1n) is 6.25. The summed E-state index contributed by atoms with van der Waals surface area (Å²) < 4.78 is 1.04. The van der Waals surface area contributed by atoms with Crippen LogP contribution in [-0.4, -0.2) is 15.2 Å². The summed E-state index contributed by atoms with van der Waals surface area (Å²) in [7, 11) is 0. The van der Waals surface area contributed by atoms with Crippen LogP contribution in [0.4, 0.5) is 0 Å². The Balaban J connectivity index is 2.01. The van der Waals surface area contributed by atoms with Crippen LogP contribution in [0.5, 0.6) is 0 Å². The van der Waals surface area contributed by atoms with E-state index in [2.05, 4.69) is 38.0 Å². The molecule has 0 aliphatic rings. The van der Waals surface area contributed by atoms with E-state index in [4.69, 9.17) is 0 Å². The van der Waals surface area contributed by atoms with Crippen molar-refractivity contribution >= 4 is 15.9 Å². The Morgan fingerprint density at radius 3 is 2.20 bits per heavy atom. The Morgan fingerprint density at radius 2 is 1.50 bits per heavy atom. The van der Waals surface area contributed by atoms with E-state index in [9.17, 15) is 0 Å². The summed E-state index contributed by atoms with van der Waals surface area (Å²) in [5.74, 6) is 0.644. The van der Waals surface area contributed by atoms with Gasteiger partial charge in [-0.25, -0.2) is 4.98 Å². The van der Waals surface area contributed by atoms with Gasteiger partial charge >= 0.3 is 0 Å². The molecule has 1 aromatic heterocycles. The predicted octanol–water partition coefficient (Wildman–Crippen LogP) is 4.28. The molecule has 0 saturated carbocycles. The molecule has 1 heterocycles. The summed E-state index contributed by atoms with van der Waals surface area (Å²) in [6.07, 6.45) is 1.68. The molecule has 0 amide bonds. The first-order chi connectivity index (χ1) is 9.72. The second-order valence-corrected chi connectivity index (χ2v) is 5.45. The SMILES string of the molecule is Cc1ccc(-c2nncc(-c3ccc(Br)cc3)n2)cc1. The van der Waals surface area contributed by atoms with Gasteiger partial charge in [0.15, 0.2) is 5.82 Å². The van der Waals surface area contributed by atoms with Crippen molar-refractivity contribution in [2.45, 2.75) is 6.92 Å². The molecule has 4 heteroatoms. The van der Waals surface area contributed by atoms with Gasteiger partial charge in [-0.15, -0.1) is 5.10 Å². The molecule has 0 bridgehead atoms. The van der Waals surface area contributed by atoms with Gasteiger partial charge in [-0.1, -0.05) is 57.9 Å². The molecule has 0 aliphatic carbocycles. The van der Waals surface area contributed by atoms with Gasteiger partial charge in [0.1, 0.15) is 0 Å². The molecule has 3 aromatic rings. The minimum atomic E-state index is 0.644. The molecular weight excluding hydrogens is 314 g/mol. The number of halogens is 1. The van der Waals surface area contributed by atoms with Crippen LogP contribution in [0, 0.1) is 6.92 Å².